The lowest BCUT2D eigenvalue weighted by Crippen LogP contribution is -2.24. The fourth-order valence-corrected chi connectivity index (χ4v) is 1.90. The van der Waals surface area contributed by atoms with Crippen molar-refractivity contribution in [3.05, 3.63) is 59.7 Å². The van der Waals surface area contributed by atoms with Crippen molar-refractivity contribution in [1.82, 2.24) is 0 Å². The number of carbonyl (C=O) groups excluding carboxylic acids is 2. The molecule has 114 valence electrons. The summed E-state index contributed by atoms with van der Waals surface area (Å²) in [6.07, 6.45) is 0. The third-order valence-corrected chi connectivity index (χ3v) is 3.13. The highest BCUT2D eigenvalue weighted by Gasteiger charge is 2.10. The topological polar surface area (TPSA) is 81.9 Å². The largest absolute Gasteiger partial charge is 0.465 e. The van der Waals surface area contributed by atoms with Gasteiger partial charge < -0.3 is 9.47 Å². The van der Waals surface area contributed by atoms with E-state index in [9.17, 15) is 9.59 Å². The second kappa shape index (κ2) is 6.73. The predicted molar refractivity (Wildman–Crippen MR) is 81.9 cm³/mol. The smallest absolute Gasteiger partial charge is 0.337 e. The van der Waals surface area contributed by atoms with E-state index in [-0.39, 0.29) is 0 Å². The van der Waals surface area contributed by atoms with Crippen molar-refractivity contribution in [3.63, 3.8) is 0 Å². The number of anilines is 2. The first-order valence-electron chi connectivity index (χ1n) is 6.48. The molecule has 0 saturated carbocycles. The van der Waals surface area contributed by atoms with Gasteiger partial charge in [-0.15, -0.1) is 0 Å². The van der Waals surface area contributed by atoms with Crippen LogP contribution in [0.4, 0.5) is 11.4 Å². The molecular weight excluding hydrogens is 284 g/mol. The highest BCUT2D eigenvalue weighted by atomic mass is 16.5. The molecule has 0 atom stereocenters. The van der Waals surface area contributed by atoms with Crippen molar-refractivity contribution in [3.8, 4) is 0 Å². The predicted octanol–water partition coefficient (Wildman–Crippen LogP) is 2.27. The van der Waals surface area contributed by atoms with Crippen LogP contribution in [-0.4, -0.2) is 26.2 Å². The van der Waals surface area contributed by atoms with Gasteiger partial charge in [-0.05, 0) is 48.5 Å². The first-order chi connectivity index (χ1) is 10.6. The van der Waals surface area contributed by atoms with E-state index < -0.39 is 11.9 Å². The Bertz CT molecular complexity index is 606. The second-order valence-electron chi connectivity index (χ2n) is 4.45. The van der Waals surface area contributed by atoms with Gasteiger partial charge in [-0.3, -0.25) is 5.01 Å². The van der Waals surface area contributed by atoms with Crippen LogP contribution in [0.25, 0.3) is 0 Å². The van der Waals surface area contributed by atoms with Crippen LogP contribution in [0.5, 0.6) is 0 Å². The van der Waals surface area contributed by atoms with Crippen LogP contribution in [0.2, 0.25) is 0 Å². The minimum absolute atomic E-state index is 0.405. The number of hydrogen-bond acceptors (Lipinski definition) is 6. The Morgan fingerprint density at radius 3 is 1.36 bits per heavy atom. The molecule has 0 saturated heterocycles. The van der Waals surface area contributed by atoms with Gasteiger partial charge in [0, 0.05) is 0 Å². The van der Waals surface area contributed by atoms with E-state index in [0.717, 1.165) is 0 Å². The fraction of sp³-hybridized carbons (Fsp3) is 0.125. The van der Waals surface area contributed by atoms with E-state index in [1.165, 1.54) is 19.2 Å². The zero-order chi connectivity index (χ0) is 16.1. The molecule has 0 aliphatic carbocycles. The number of rotatable bonds is 4. The van der Waals surface area contributed by atoms with Crippen molar-refractivity contribution < 1.29 is 19.1 Å². The summed E-state index contributed by atoms with van der Waals surface area (Å²) in [4.78, 5) is 22.8. The third-order valence-electron chi connectivity index (χ3n) is 3.13. The molecule has 0 aliphatic heterocycles. The number of carbonyl (C=O) groups is 2. The van der Waals surface area contributed by atoms with Crippen LogP contribution in [0.1, 0.15) is 20.7 Å². The average Bonchev–Trinajstić information content (AvgIpc) is 2.60. The third kappa shape index (κ3) is 3.24. The lowest BCUT2D eigenvalue weighted by Gasteiger charge is -2.19. The van der Waals surface area contributed by atoms with Crippen LogP contribution in [0.3, 0.4) is 0 Å². The van der Waals surface area contributed by atoms with E-state index >= 15 is 0 Å². The van der Waals surface area contributed by atoms with Crippen LogP contribution in [-0.2, 0) is 9.47 Å². The van der Waals surface area contributed by atoms with Gasteiger partial charge in [-0.25, -0.2) is 15.4 Å². The number of hydrazine groups is 1. The highest BCUT2D eigenvalue weighted by Crippen LogP contribution is 2.22. The summed E-state index contributed by atoms with van der Waals surface area (Å²) in [6, 6.07) is 13.4. The standard InChI is InChI=1S/C16H16N2O4/c1-21-15(19)11-3-7-13(8-4-11)18(17)14-9-5-12(6-10-14)16(20)22-2/h3-10H,17H2,1-2H3. The van der Waals surface area contributed by atoms with Crippen LogP contribution >= 0.6 is 0 Å². The van der Waals surface area contributed by atoms with E-state index in [0.29, 0.717) is 22.5 Å². The Morgan fingerprint density at radius 1 is 0.773 bits per heavy atom. The summed E-state index contributed by atoms with van der Waals surface area (Å²) in [5.74, 6) is 5.22. The molecule has 0 radical (unpaired) electrons. The van der Waals surface area contributed by atoms with E-state index in [4.69, 9.17) is 5.84 Å². The first-order valence-corrected chi connectivity index (χ1v) is 6.48. The Hall–Kier alpha value is -2.86. The van der Waals surface area contributed by atoms with Gasteiger partial charge >= 0.3 is 11.9 Å². The summed E-state index contributed by atoms with van der Waals surface area (Å²) < 4.78 is 9.28. The Kier molecular flexibility index (Phi) is 4.75. The number of nitrogens with zero attached hydrogens (tertiary/aromatic N) is 1. The Balaban J connectivity index is 2.18. The minimum Gasteiger partial charge on any atom is -0.465 e. The molecule has 2 aromatic carbocycles. The van der Waals surface area contributed by atoms with Gasteiger partial charge in [-0.2, -0.15) is 0 Å². The van der Waals surface area contributed by atoms with Crippen LogP contribution in [0.15, 0.2) is 48.5 Å². The molecule has 22 heavy (non-hydrogen) atoms. The minimum atomic E-state index is -0.405. The highest BCUT2D eigenvalue weighted by molar-refractivity contribution is 5.90. The van der Waals surface area contributed by atoms with E-state index in [1.807, 2.05) is 0 Å². The molecule has 0 amide bonds. The molecule has 0 bridgehead atoms. The van der Waals surface area contributed by atoms with Crippen molar-refractivity contribution >= 4 is 23.3 Å². The van der Waals surface area contributed by atoms with E-state index in [2.05, 4.69) is 9.47 Å². The van der Waals surface area contributed by atoms with Gasteiger partial charge in [-0.1, -0.05) is 0 Å². The lowest BCUT2D eigenvalue weighted by molar-refractivity contribution is 0.0592. The maximum atomic E-state index is 11.4. The molecule has 2 rings (SSSR count). The van der Waals surface area contributed by atoms with E-state index in [1.54, 1.807) is 48.5 Å². The molecular formula is C16H16N2O4. The van der Waals surface area contributed by atoms with Gasteiger partial charge in [0.1, 0.15) is 0 Å². The van der Waals surface area contributed by atoms with Gasteiger partial charge in [0.25, 0.3) is 0 Å². The molecule has 0 fully saturated rings. The quantitative estimate of drug-likeness (QED) is 0.530. The summed E-state index contributed by atoms with van der Waals surface area (Å²) in [7, 11) is 2.66. The summed E-state index contributed by atoms with van der Waals surface area (Å²) in [5, 5.41) is 1.45. The number of hydrogen-bond donors (Lipinski definition) is 1. The summed E-state index contributed by atoms with van der Waals surface area (Å²) in [6.45, 7) is 0. The summed E-state index contributed by atoms with van der Waals surface area (Å²) in [5.41, 5.74) is 2.28. The molecule has 0 heterocycles. The second-order valence-corrected chi connectivity index (χ2v) is 4.45. The number of methoxy groups -OCH3 is 2. The Morgan fingerprint density at radius 2 is 1.09 bits per heavy atom. The maximum Gasteiger partial charge on any atom is 0.337 e. The monoisotopic (exact) mass is 300 g/mol. The number of ether oxygens (including phenoxy) is 2. The fourth-order valence-electron chi connectivity index (χ4n) is 1.90. The molecule has 2 aromatic rings. The molecule has 0 spiro atoms. The maximum absolute atomic E-state index is 11.4. The van der Waals surface area contributed by atoms with Gasteiger partial charge in [0.2, 0.25) is 0 Å². The van der Waals surface area contributed by atoms with Crippen molar-refractivity contribution in [2.75, 3.05) is 19.2 Å². The average molecular weight is 300 g/mol. The molecule has 0 aliphatic rings. The zero-order valence-corrected chi connectivity index (χ0v) is 12.3. The van der Waals surface area contributed by atoms with Crippen LogP contribution in [0, 0.1) is 0 Å². The van der Waals surface area contributed by atoms with Crippen molar-refractivity contribution in [2.24, 2.45) is 5.84 Å². The Labute approximate surface area is 128 Å². The first kappa shape index (κ1) is 15.5. The van der Waals surface area contributed by atoms with Crippen molar-refractivity contribution in [2.45, 2.75) is 0 Å². The lowest BCUT2D eigenvalue weighted by atomic mass is 10.1. The van der Waals surface area contributed by atoms with Crippen LogP contribution < -0.4 is 10.9 Å². The molecule has 6 heteroatoms. The number of benzene rings is 2. The van der Waals surface area contributed by atoms with Crippen molar-refractivity contribution in [1.29, 1.82) is 0 Å². The summed E-state index contributed by atoms with van der Waals surface area (Å²) >= 11 is 0. The molecule has 6 nitrogen and oxygen atoms in total. The SMILES string of the molecule is COC(=O)c1ccc(N(N)c2ccc(C(=O)OC)cc2)cc1. The number of esters is 2. The molecule has 0 aromatic heterocycles. The normalized spacial score (nSPS) is 9.95. The number of nitrogens with two attached hydrogens (primary N) is 1. The molecule has 2 N–H and O–H groups in total. The van der Waals surface area contributed by atoms with Gasteiger partial charge in [0.15, 0.2) is 0 Å². The zero-order valence-electron chi connectivity index (χ0n) is 12.3. The molecule has 0 unspecified atom stereocenters. The van der Waals surface area contributed by atoms with Gasteiger partial charge in [0.05, 0.1) is 36.7 Å².